The van der Waals surface area contributed by atoms with Crippen LogP contribution in [0.2, 0.25) is 0 Å². The summed E-state index contributed by atoms with van der Waals surface area (Å²) in [6.07, 6.45) is 30.8. The van der Waals surface area contributed by atoms with Gasteiger partial charge in [0.1, 0.15) is 11.6 Å². The summed E-state index contributed by atoms with van der Waals surface area (Å²) in [6.45, 7) is 6.11. The molecule has 0 bridgehead atoms. The number of aliphatic hydroxyl groups excluding tert-OH is 2. The van der Waals surface area contributed by atoms with Crippen molar-refractivity contribution in [1.29, 1.82) is 0 Å². The third kappa shape index (κ3) is 12.9. The number of aryl methyl sites for hydroxylation is 2. The van der Waals surface area contributed by atoms with Crippen LogP contribution in [-0.2, 0) is 19.7 Å². The first-order valence-corrected chi connectivity index (χ1v) is 16.1. The molecule has 0 spiro atoms. The first-order valence-electron chi connectivity index (χ1n) is 16.1. The lowest BCUT2D eigenvalue weighted by Gasteiger charge is -2.15. The second-order valence-corrected chi connectivity index (χ2v) is 11.2. The topological polar surface area (TPSA) is 76.1 Å². The van der Waals surface area contributed by atoms with E-state index in [9.17, 15) is 10.2 Å². The lowest BCUT2D eigenvalue weighted by atomic mass is 10.1. The van der Waals surface area contributed by atoms with E-state index in [1.807, 2.05) is 17.0 Å². The predicted octanol–water partition coefficient (Wildman–Crippen LogP) is 8.50. The average Bonchev–Trinajstić information content (AvgIpc) is 3.57. The molecule has 1 unspecified atom stereocenters. The van der Waals surface area contributed by atoms with E-state index in [4.69, 9.17) is 0 Å². The van der Waals surface area contributed by atoms with Crippen molar-refractivity contribution < 1.29 is 10.2 Å². The van der Waals surface area contributed by atoms with E-state index in [1.165, 1.54) is 116 Å². The van der Waals surface area contributed by atoms with Crippen LogP contribution in [0.3, 0.4) is 0 Å². The zero-order valence-electron chi connectivity index (χ0n) is 24.8. The van der Waals surface area contributed by atoms with Crippen LogP contribution in [0.4, 0.5) is 0 Å². The van der Waals surface area contributed by atoms with Gasteiger partial charge in [0.25, 0.3) is 0 Å². The Labute approximate surface area is 233 Å². The summed E-state index contributed by atoms with van der Waals surface area (Å²) < 4.78 is 4.11. The van der Waals surface area contributed by atoms with Gasteiger partial charge in [-0.05, 0) is 12.8 Å². The minimum atomic E-state index is -0.878. The molecule has 2 N–H and O–H groups in total. The summed E-state index contributed by atoms with van der Waals surface area (Å²) >= 11 is 0. The van der Waals surface area contributed by atoms with Gasteiger partial charge in [0.2, 0.25) is 0 Å². The molecule has 6 heteroatoms. The third-order valence-corrected chi connectivity index (χ3v) is 7.76. The molecular weight excluding hydrogens is 472 g/mol. The van der Waals surface area contributed by atoms with Crippen molar-refractivity contribution in [3.63, 3.8) is 0 Å². The van der Waals surface area contributed by atoms with Crippen LogP contribution in [0.25, 0.3) is 0 Å². The lowest BCUT2D eigenvalue weighted by Crippen LogP contribution is -2.15. The number of aromatic nitrogens is 4. The molecule has 2 rings (SSSR count). The highest BCUT2D eigenvalue weighted by molar-refractivity contribution is 5.13. The van der Waals surface area contributed by atoms with Crippen molar-refractivity contribution in [3.05, 3.63) is 35.9 Å². The Morgan fingerprint density at radius 1 is 0.632 bits per heavy atom. The van der Waals surface area contributed by atoms with E-state index in [1.54, 1.807) is 6.20 Å². The predicted molar refractivity (Wildman–Crippen MR) is 158 cm³/mol. The van der Waals surface area contributed by atoms with Gasteiger partial charge < -0.3 is 19.3 Å². The largest absolute Gasteiger partial charge is 0.390 e. The van der Waals surface area contributed by atoms with Crippen LogP contribution in [0.15, 0.2) is 18.6 Å². The number of aliphatic hydroxyl groups is 2. The van der Waals surface area contributed by atoms with Gasteiger partial charge in [0, 0.05) is 31.7 Å². The molecule has 1 atom stereocenters. The molecule has 218 valence electrons. The van der Waals surface area contributed by atoms with Crippen molar-refractivity contribution in [1.82, 2.24) is 19.1 Å². The minimum Gasteiger partial charge on any atom is -0.390 e. The molecule has 0 radical (unpaired) electrons. The van der Waals surface area contributed by atoms with E-state index < -0.39 is 6.10 Å². The molecule has 0 saturated heterocycles. The van der Waals surface area contributed by atoms with Crippen molar-refractivity contribution in [2.75, 3.05) is 0 Å². The summed E-state index contributed by atoms with van der Waals surface area (Å²) in [4.78, 5) is 9.04. The number of hydrogen-bond donors (Lipinski definition) is 2. The standard InChI is InChI=1S/C32H58N4O2/c1-3-5-7-9-11-13-15-17-19-21-24-35-26-23-33-31(35)30(38)32-34-29(28-37)27-36(32)25-22-20-18-16-14-12-10-8-6-4-2/h23,26-27,30,37-38H,3-22,24-25,28H2,1-2H3. The molecule has 2 aromatic heterocycles. The Morgan fingerprint density at radius 3 is 1.55 bits per heavy atom. The van der Waals surface area contributed by atoms with E-state index in [0.717, 1.165) is 25.9 Å². The summed E-state index contributed by atoms with van der Waals surface area (Å²) in [5, 5.41) is 20.9. The SMILES string of the molecule is CCCCCCCCCCCCn1ccnc1C(O)c1nc(CO)cn1CCCCCCCCCCCC. The van der Waals surface area contributed by atoms with Crippen LogP contribution in [0.1, 0.15) is 166 Å². The highest BCUT2D eigenvalue weighted by atomic mass is 16.3. The van der Waals surface area contributed by atoms with Crippen molar-refractivity contribution in [2.24, 2.45) is 0 Å². The molecule has 0 saturated carbocycles. The average molecular weight is 531 g/mol. The molecule has 0 aliphatic rings. The Kier molecular flexibility index (Phi) is 18.2. The molecule has 6 nitrogen and oxygen atoms in total. The minimum absolute atomic E-state index is 0.113. The van der Waals surface area contributed by atoms with Gasteiger partial charge in [-0.2, -0.15) is 0 Å². The highest BCUT2D eigenvalue weighted by Gasteiger charge is 2.22. The molecule has 0 aliphatic carbocycles. The van der Waals surface area contributed by atoms with Gasteiger partial charge in [0.05, 0.1) is 12.3 Å². The van der Waals surface area contributed by atoms with Gasteiger partial charge in [0.15, 0.2) is 6.10 Å². The van der Waals surface area contributed by atoms with Gasteiger partial charge in [-0.25, -0.2) is 9.97 Å². The first kappa shape index (κ1) is 32.6. The van der Waals surface area contributed by atoms with E-state index in [0.29, 0.717) is 17.3 Å². The van der Waals surface area contributed by atoms with Crippen LogP contribution < -0.4 is 0 Å². The molecule has 38 heavy (non-hydrogen) atoms. The fourth-order valence-corrected chi connectivity index (χ4v) is 5.37. The molecular formula is C32H58N4O2. The monoisotopic (exact) mass is 530 g/mol. The van der Waals surface area contributed by atoms with Gasteiger partial charge in [-0.15, -0.1) is 0 Å². The molecule has 2 aromatic rings. The van der Waals surface area contributed by atoms with Crippen LogP contribution in [0.5, 0.6) is 0 Å². The smallest absolute Gasteiger partial charge is 0.169 e. The number of nitrogens with zero attached hydrogens (tertiary/aromatic N) is 4. The Bertz CT molecular complexity index is 816. The van der Waals surface area contributed by atoms with Crippen LogP contribution >= 0.6 is 0 Å². The molecule has 0 aromatic carbocycles. The fraction of sp³-hybridized carbons (Fsp3) is 0.812. The third-order valence-electron chi connectivity index (χ3n) is 7.76. The lowest BCUT2D eigenvalue weighted by molar-refractivity contribution is 0.188. The maximum atomic E-state index is 11.2. The Balaban J connectivity index is 1.73. The van der Waals surface area contributed by atoms with Gasteiger partial charge in [-0.3, -0.25) is 0 Å². The van der Waals surface area contributed by atoms with Crippen LogP contribution in [-0.4, -0.2) is 29.3 Å². The molecule has 0 aliphatic heterocycles. The molecule has 0 amide bonds. The van der Waals surface area contributed by atoms with E-state index >= 15 is 0 Å². The maximum absolute atomic E-state index is 11.2. The van der Waals surface area contributed by atoms with Gasteiger partial charge in [-0.1, -0.05) is 129 Å². The van der Waals surface area contributed by atoms with Gasteiger partial charge >= 0.3 is 0 Å². The summed E-state index contributed by atoms with van der Waals surface area (Å²) in [5.74, 6) is 1.25. The second kappa shape index (κ2) is 21.2. The Hall–Kier alpha value is -1.66. The summed E-state index contributed by atoms with van der Waals surface area (Å²) in [5.41, 5.74) is 0.610. The number of hydrogen-bond acceptors (Lipinski definition) is 4. The summed E-state index contributed by atoms with van der Waals surface area (Å²) in [7, 11) is 0. The van der Waals surface area contributed by atoms with Crippen LogP contribution in [0, 0.1) is 0 Å². The summed E-state index contributed by atoms with van der Waals surface area (Å²) in [6, 6.07) is 0. The zero-order chi connectivity index (χ0) is 27.3. The van der Waals surface area contributed by atoms with E-state index in [2.05, 4.69) is 28.4 Å². The fourth-order valence-electron chi connectivity index (χ4n) is 5.37. The zero-order valence-corrected chi connectivity index (χ0v) is 24.8. The van der Waals surface area contributed by atoms with E-state index in [-0.39, 0.29) is 6.61 Å². The molecule has 2 heterocycles. The van der Waals surface area contributed by atoms with Crippen molar-refractivity contribution in [3.8, 4) is 0 Å². The number of imidazole rings is 2. The maximum Gasteiger partial charge on any atom is 0.169 e. The number of unbranched alkanes of at least 4 members (excludes halogenated alkanes) is 18. The highest BCUT2D eigenvalue weighted by Crippen LogP contribution is 2.22. The molecule has 0 fully saturated rings. The second-order valence-electron chi connectivity index (χ2n) is 11.2. The van der Waals surface area contributed by atoms with Crippen molar-refractivity contribution in [2.45, 2.75) is 168 Å². The first-order chi connectivity index (χ1) is 18.7. The van der Waals surface area contributed by atoms with Crippen molar-refractivity contribution >= 4 is 0 Å². The Morgan fingerprint density at radius 2 is 1.08 bits per heavy atom. The number of rotatable bonds is 25. The quantitative estimate of drug-likeness (QED) is 0.126. The normalized spacial score (nSPS) is 12.4.